The van der Waals surface area contributed by atoms with E-state index in [9.17, 15) is 10.2 Å². The van der Waals surface area contributed by atoms with E-state index in [0.29, 0.717) is 23.0 Å². The first-order valence-electron chi connectivity index (χ1n) is 6.73. The Labute approximate surface area is 127 Å². The van der Waals surface area contributed by atoms with E-state index in [1.807, 2.05) is 12.1 Å². The minimum absolute atomic E-state index is 0.129. The first kappa shape index (κ1) is 13.8. The van der Waals surface area contributed by atoms with Gasteiger partial charge in [-0.2, -0.15) is 0 Å². The predicted octanol–water partition coefficient (Wildman–Crippen LogP) is 4.68. The zero-order valence-electron chi connectivity index (χ0n) is 11.6. The predicted molar refractivity (Wildman–Crippen MR) is 82.8 cm³/mol. The highest BCUT2D eigenvalue weighted by Gasteiger charge is 2.07. The maximum Gasteiger partial charge on any atom is 0.169 e. The molecule has 2 N–H and O–H groups in total. The lowest BCUT2D eigenvalue weighted by Crippen LogP contribution is -1.90. The lowest BCUT2D eigenvalue weighted by atomic mass is 10.3. The molecule has 0 spiro atoms. The molecule has 0 saturated carbocycles. The summed E-state index contributed by atoms with van der Waals surface area (Å²) < 4.78 is 11.5. The van der Waals surface area contributed by atoms with Gasteiger partial charge in [0.15, 0.2) is 11.5 Å². The fourth-order valence-electron chi connectivity index (χ4n) is 1.97. The summed E-state index contributed by atoms with van der Waals surface area (Å²) in [6.45, 7) is 0. The largest absolute Gasteiger partial charge is 0.508 e. The number of rotatable bonds is 4. The quantitative estimate of drug-likeness (QED) is 0.733. The van der Waals surface area contributed by atoms with Crippen LogP contribution in [0.4, 0.5) is 0 Å². The number of para-hydroxylation sites is 2. The van der Waals surface area contributed by atoms with Crippen LogP contribution in [0.2, 0.25) is 0 Å². The summed E-state index contributed by atoms with van der Waals surface area (Å²) >= 11 is 0. The summed E-state index contributed by atoms with van der Waals surface area (Å²) in [7, 11) is 0. The molecule has 0 fully saturated rings. The van der Waals surface area contributed by atoms with Gasteiger partial charge in [-0.15, -0.1) is 0 Å². The Kier molecular flexibility index (Phi) is 3.83. The van der Waals surface area contributed by atoms with Crippen molar-refractivity contribution in [3.05, 3.63) is 72.8 Å². The van der Waals surface area contributed by atoms with Gasteiger partial charge in [-0.05, 0) is 36.4 Å². The molecule has 110 valence electrons. The molecule has 0 radical (unpaired) electrons. The Morgan fingerprint density at radius 3 is 1.41 bits per heavy atom. The third-order valence-electron chi connectivity index (χ3n) is 2.94. The topological polar surface area (TPSA) is 58.9 Å². The second kappa shape index (κ2) is 6.10. The van der Waals surface area contributed by atoms with Crippen LogP contribution >= 0.6 is 0 Å². The third-order valence-corrected chi connectivity index (χ3v) is 2.94. The van der Waals surface area contributed by atoms with Crippen LogP contribution in [0.5, 0.6) is 34.5 Å². The summed E-state index contributed by atoms with van der Waals surface area (Å²) in [6, 6.07) is 20.2. The minimum Gasteiger partial charge on any atom is -0.508 e. The summed E-state index contributed by atoms with van der Waals surface area (Å²) in [5.41, 5.74) is 0. The summed E-state index contributed by atoms with van der Waals surface area (Å²) in [5.74, 6) is 2.29. The summed E-state index contributed by atoms with van der Waals surface area (Å²) in [5, 5.41) is 19.0. The maximum atomic E-state index is 9.49. The lowest BCUT2D eigenvalue weighted by Gasteiger charge is -2.12. The first-order chi connectivity index (χ1) is 10.7. The standard InChI is InChI=1S/C18H14O4/c19-13-5-3-7-15(11-13)21-17-9-1-2-10-18(17)22-16-8-4-6-14(20)12-16/h1-12,19-20H. The van der Waals surface area contributed by atoms with Gasteiger partial charge >= 0.3 is 0 Å². The van der Waals surface area contributed by atoms with Crippen LogP contribution in [0.3, 0.4) is 0 Å². The van der Waals surface area contributed by atoms with Crippen molar-refractivity contribution in [2.75, 3.05) is 0 Å². The van der Waals surface area contributed by atoms with Crippen LogP contribution in [0.1, 0.15) is 0 Å². The summed E-state index contributed by atoms with van der Waals surface area (Å²) in [4.78, 5) is 0. The van der Waals surface area contributed by atoms with Crippen LogP contribution in [0.15, 0.2) is 72.8 Å². The van der Waals surface area contributed by atoms with Crippen molar-refractivity contribution in [1.29, 1.82) is 0 Å². The first-order valence-corrected chi connectivity index (χ1v) is 6.73. The average Bonchev–Trinajstić information content (AvgIpc) is 2.49. The van der Waals surface area contributed by atoms with Gasteiger partial charge in [0.05, 0.1) is 0 Å². The van der Waals surface area contributed by atoms with Gasteiger partial charge in [0, 0.05) is 12.1 Å². The van der Waals surface area contributed by atoms with Crippen molar-refractivity contribution in [1.82, 2.24) is 0 Å². The number of ether oxygens (including phenoxy) is 2. The Morgan fingerprint density at radius 2 is 1.00 bits per heavy atom. The molecule has 0 aliphatic rings. The molecule has 4 nitrogen and oxygen atoms in total. The van der Waals surface area contributed by atoms with Crippen LogP contribution < -0.4 is 9.47 Å². The highest BCUT2D eigenvalue weighted by Crippen LogP contribution is 2.35. The third kappa shape index (κ3) is 3.30. The Balaban J connectivity index is 1.86. The van der Waals surface area contributed by atoms with Crippen molar-refractivity contribution < 1.29 is 19.7 Å². The number of phenolic OH excluding ortho intramolecular Hbond substituents is 2. The highest BCUT2D eigenvalue weighted by molar-refractivity contribution is 5.46. The van der Waals surface area contributed by atoms with Crippen LogP contribution in [-0.4, -0.2) is 10.2 Å². The summed E-state index contributed by atoms with van der Waals surface area (Å²) in [6.07, 6.45) is 0. The van der Waals surface area contributed by atoms with E-state index >= 15 is 0 Å². The number of phenols is 2. The fourth-order valence-corrected chi connectivity index (χ4v) is 1.97. The van der Waals surface area contributed by atoms with Gasteiger partial charge in [-0.3, -0.25) is 0 Å². The molecule has 22 heavy (non-hydrogen) atoms. The van der Waals surface area contributed by atoms with E-state index in [1.165, 1.54) is 12.1 Å². The molecular weight excluding hydrogens is 280 g/mol. The average molecular weight is 294 g/mol. The van der Waals surface area contributed by atoms with E-state index < -0.39 is 0 Å². The normalized spacial score (nSPS) is 10.2. The molecule has 3 rings (SSSR count). The van der Waals surface area contributed by atoms with Gasteiger partial charge < -0.3 is 19.7 Å². The lowest BCUT2D eigenvalue weighted by molar-refractivity contribution is 0.411. The zero-order chi connectivity index (χ0) is 15.4. The number of aromatic hydroxyl groups is 2. The van der Waals surface area contributed by atoms with Crippen molar-refractivity contribution in [2.45, 2.75) is 0 Å². The van der Waals surface area contributed by atoms with E-state index in [2.05, 4.69) is 0 Å². The van der Waals surface area contributed by atoms with Crippen molar-refractivity contribution in [2.24, 2.45) is 0 Å². The number of benzene rings is 3. The van der Waals surface area contributed by atoms with Crippen LogP contribution in [0, 0.1) is 0 Å². The van der Waals surface area contributed by atoms with Crippen LogP contribution in [0.25, 0.3) is 0 Å². The number of hydrogen-bond donors (Lipinski definition) is 2. The molecule has 0 aliphatic heterocycles. The Hall–Kier alpha value is -3.14. The van der Waals surface area contributed by atoms with Crippen molar-refractivity contribution >= 4 is 0 Å². The van der Waals surface area contributed by atoms with E-state index in [4.69, 9.17) is 9.47 Å². The second-order valence-electron chi connectivity index (χ2n) is 4.65. The van der Waals surface area contributed by atoms with E-state index in [0.717, 1.165) is 0 Å². The second-order valence-corrected chi connectivity index (χ2v) is 4.65. The number of hydrogen-bond acceptors (Lipinski definition) is 4. The molecule has 0 heterocycles. The van der Waals surface area contributed by atoms with Gasteiger partial charge in [0.2, 0.25) is 0 Å². The molecule has 0 amide bonds. The highest BCUT2D eigenvalue weighted by atomic mass is 16.5. The molecule has 0 aromatic heterocycles. The maximum absolute atomic E-state index is 9.49. The minimum atomic E-state index is 0.129. The monoisotopic (exact) mass is 294 g/mol. The molecule has 3 aromatic carbocycles. The van der Waals surface area contributed by atoms with Crippen molar-refractivity contribution in [3.8, 4) is 34.5 Å². The van der Waals surface area contributed by atoms with Crippen LogP contribution in [-0.2, 0) is 0 Å². The fraction of sp³-hybridized carbons (Fsp3) is 0. The Bertz CT molecular complexity index is 717. The zero-order valence-corrected chi connectivity index (χ0v) is 11.6. The van der Waals surface area contributed by atoms with Crippen molar-refractivity contribution in [3.63, 3.8) is 0 Å². The van der Waals surface area contributed by atoms with Gasteiger partial charge in [-0.1, -0.05) is 24.3 Å². The smallest absolute Gasteiger partial charge is 0.169 e. The molecule has 0 bridgehead atoms. The van der Waals surface area contributed by atoms with E-state index in [-0.39, 0.29) is 11.5 Å². The van der Waals surface area contributed by atoms with Gasteiger partial charge in [-0.25, -0.2) is 0 Å². The van der Waals surface area contributed by atoms with E-state index in [1.54, 1.807) is 48.5 Å². The van der Waals surface area contributed by atoms with Gasteiger partial charge in [0.25, 0.3) is 0 Å². The molecule has 0 unspecified atom stereocenters. The molecule has 4 heteroatoms. The molecular formula is C18H14O4. The Morgan fingerprint density at radius 1 is 0.545 bits per heavy atom. The van der Waals surface area contributed by atoms with Gasteiger partial charge in [0.1, 0.15) is 23.0 Å². The molecule has 0 aliphatic carbocycles. The molecule has 0 atom stereocenters. The molecule has 3 aromatic rings. The SMILES string of the molecule is Oc1cccc(Oc2ccccc2Oc2cccc(O)c2)c1. The molecule has 0 saturated heterocycles.